The molecule has 1 aromatic carbocycles. The van der Waals surface area contributed by atoms with Crippen LogP contribution in [0.4, 0.5) is 16.2 Å². The molecule has 1 saturated carbocycles. The summed E-state index contributed by atoms with van der Waals surface area (Å²) >= 11 is 0. The highest BCUT2D eigenvalue weighted by Crippen LogP contribution is 2.35. The van der Waals surface area contributed by atoms with Gasteiger partial charge in [0, 0.05) is 17.9 Å². The van der Waals surface area contributed by atoms with Crippen LogP contribution in [0.1, 0.15) is 19.8 Å². The Hall–Kier alpha value is -2.57. The summed E-state index contributed by atoms with van der Waals surface area (Å²) in [6.07, 6.45) is 1.12. The van der Waals surface area contributed by atoms with Gasteiger partial charge in [-0.1, -0.05) is 6.07 Å². The fourth-order valence-corrected chi connectivity index (χ4v) is 2.35. The zero-order valence-electron chi connectivity index (χ0n) is 12.3. The Balaban J connectivity index is 1.97. The van der Waals surface area contributed by atoms with Crippen molar-refractivity contribution in [3.63, 3.8) is 0 Å². The van der Waals surface area contributed by atoms with Crippen molar-refractivity contribution in [2.24, 2.45) is 11.8 Å². The number of carbonyl (C=O) groups excluding carboxylic acids is 2. The van der Waals surface area contributed by atoms with E-state index in [1.165, 1.54) is 0 Å². The Labute approximate surface area is 128 Å². The number of carbonyl (C=O) groups is 3. The lowest BCUT2D eigenvalue weighted by Gasteiger charge is -2.31. The van der Waals surface area contributed by atoms with Gasteiger partial charge in [-0.2, -0.15) is 0 Å². The van der Waals surface area contributed by atoms with Crippen LogP contribution in [-0.2, 0) is 9.59 Å². The molecule has 1 fully saturated rings. The molecule has 0 aliphatic heterocycles. The average molecular weight is 305 g/mol. The maximum absolute atomic E-state index is 12.1. The number of aliphatic carboxylic acids is 1. The number of benzene rings is 1. The second-order valence-corrected chi connectivity index (χ2v) is 5.18. The number of amides is 3. The van der Waals surface area contributed by atoms with Crippen LogP contribution in [0.5, 0.6) is 0 Å². The molecule has 4 N–H and O–H groups in total. The first-order chi connectivity index (χ1) is 10.5. The normalized spacial score (nSPS) is 19.7. The van der Waals surface area contributed by atoms with Crippen molar-refractivity contribution < 1.29 is 19.5 Å². The van der Waals surface area contributed by atoms with E-state index in [1.807, 2.05) is 6.92 Å². The minimum absolute atomic E-state index is 0.297. The van der Waals surface area contributed by atoms with Crippen LogP contribution in [0.15, 0.2) is 24.3 Å². The SMILES string of the molecule is CCNC(=O)Nc1cccc(NC(=O)C2CCC2C(=O)O)c1. The molecule has 118 valence electrons. The molecule has 1 aromatic rings. The summed E-state index contributed by atoms with van der Waals surface area (Å²) < 4.78 is 0. The van der Waals surface area contributed by atoms with Crippen LogP contribution in [-0.4, -0.2) is 29.6 Å². The molecular weight excluding hydrogens is 286 g/mol. The van der Waals surface area contributed by atoms with Gasteiger partial charge in [-0.25, -0.2) is 4.79 Å². The van der Waals surface area contributed by atoms with Crippen LogP contribution in [0.25, 0.3) is 0 Å². The van der Waals surface area contributed by atoms with Crippen molar-refractivity contribution in [1.29, 1.82) is 0 Å². The second-order valence-electron chi connectivity index (χ2n) is 5.18. The summed E-state index contributed by atoms with van der Waals surface area (Å²) in [6, 6.07) is 6.40. The van der Waals surface area contributed by atoms with Gasteiger partial charge in [-0.05, 0) is 38.0 Å². The number of nitrogens with one attached hydrogen (secondary N) is 3. The maximum Gasteiger partial charge on any atom is 0.319 e. The quantitative estimate of drug-likeness (QED) is 0.666. The highest BCUT2D eigenvalue weighted by Gasteiger charge is 2.41. The summed E-state index contributed by atoms with van der Waals surface area (Å²) in [5.74, 6) is -2.32. The number of rotatable bonds is 5. The smallest absolute Gasteiger partial charge is 0.319 e. The summed E-state index contributed by atoms with van der Waals surface area (Å²) in [7, 11) is 0. The third-order valence-electron chi connectivity index (χ3n) is 3.65. The average Bonchev–Trinajstić information content (AvgIpc) is 2.36. The lowest BCUT2D eigenvalue weighted by Crippen LogP contribution is -2.41. The zero-order valence-corrected chi connectivity index (χ0v) is 12.3. The van der Waals surface area contributed by atoms with Gasteiger partial charge in [0.1, 0.15) is 0 Å². The molecule has 0 saturated heterocycles. The van der Waals surface area contributed by atoms with E-state index in [9.17, 15) is 14.4 Å². The Morgan fingerprint density at radius 3 is 2.32 bits per heavy atom. The number of hydrogen-bond acceptors (Lipinski definition) is 3. The summed E-state index contributed by atoms with van der Waals surface area (Å²) in [5.41, 5.74) is 1.07. The van der Waals surface area contributed by atoms with Gasteiger partial charge in [0.2, 0.25) is 5.91 Å². The molecule has 3 amide bonds. The minimum Gasteiger partial charge on any atom is -0.481 e. The van der Waals surface area contributed by atoms with Crippen LogP contribution in [0, 0.1) is 11.8 Å². The standard InChI is InChI=1S/C15H19N3O4/c1-2-16-15(22)18-10-5-3-4-9(8-10)17-13(19)11-6-7-12(11)14(20)21/h3-5,8,11-12H,2,6-7H2,1H3,(H,17,19)(H,20,21)(H2,16,18,22). The van der Waals surface area contributed by atoms with E-state index in [-0.39, 0.29) is 11.9 Å². The van der Waals surface area contributed by atoms with Crippen LogP contribution >= 0.6 is 0 Å². The van der Waals surface area contributed by atoms with E-state index in [1.54, 1.807) is 24.3 Å². The molecule has 1 aliphatic rings. The van der Waals surface area contributed by atoms with Gasteiger partial charge >= 0.3 is 12.0 Å². The van der Waals surface area contributed by atoms with Crippen molar-refractivity contribution >= 4 is 29.3 Å². The molecule has 2 unspecified atom stereocenters. The molecule has 0 spiro atoms. The second kappa shape index (κ2) is 6.93. The number of carboxylic acids is 1. The van der Waals surface area contributed by atoms with E-state index in [0.29, 0.717) is 30.8 Å². The lowest BCUT2D eigenvalue weighted by molar-refractivity contribution is -0.151. The molecule has 2 rings (SSSR count). The van der Waals surface area contributed by atoms with Crippen LogP contribution in [0.2, 0.25) is 0 Å². The van der Waals surface area contributed by atoms with Crippen molar-refractivity contribution in [2.75, 3.05) is 17.2 Å². The van der Waals surface area contributed by atoms with Crippen LogP contribution in [0.3, 0.4) is 0 Å². The largest absolute Gasteiger partial charge is 0.481 e. The molecule has 0 bridgehead atoms. The molecule has 7 nitrogen and oxygen atoms in total. The van der Waals surface area contributed by atoms with E-state index in [0.717, 1.165) is 0 Å². The first kappa shape index (κ1) is 15.8. The van der Waals surface area contributed by atoms with Crippen molar-refractivity contribution in [1.82, 2.24) is 5.32 Å². The Morgan fingerprint density at radius 1 is 1.14 bits per heavy atom. The summed E-state index contributed by atoms with van der Waals surface area (Å²) in [5, 5.41) is 16.9. The molecule has 0 radical (unpaired) electrons. The van der Waals surface area contributed by atoms with Crippen molar-refractivity contribution in [3.8, 4) is 0 Å². The summed E-state index contributed by atoms with van der Waals surface area (Å²) in [6.45, 7) is 2.33. The fourth-order valence-electron chi connectivity index (χ4n) is 2.35. The highest BCUT2D eigenvalue weighted by atomic mass is 16.4. The Morgan fingerprint density at radius 2 is 1.77 bits per heavy atom. The van der Waals surface area contributed by atoms with Gasteiger partial charge in [-0.3, -0.25) is 9.59 Å². The minimum atomic E-state index is -0.932. The fraction of sp³-hybridized carbons (Fsp3) is 0.400. The predicted octanol–water partition coefficient (Wildman–Crippen LogP) is 1.88. The van der Waals surface area contributed by atoms with E-state index in [2.05, 4.69) is 16.0 Å². The first-order valence-corrected chi connectivity index (χ1v) is 7.20. The van der Waals surface area contributed by atoms with Crippen LogP contribution < -0.4 is 16.0 Å². The lowest BCUT2D eigenvalue weighted by atomic mass is 9.73. The van der Waals surface area contributed by atoms with Gasteiger partial charge in [0.05, 0.1) is 11.8 Å². The topological polar surface area (TPSA) is 108 Å². The first-order valence-electron chi connectivity index (χ1n) is 7.20. The predicted molar refractivity (Wildman–Crippen MR) is 81.6 cm³/mol. The number of hydrogen-bond donors (Lipinski definition) is 4. The summed E-state index contributed by atoms with van der Waals surface area (Å²) in [4.78, 5) is 34.5. The Kier molecular flexibility index (Phi) is 4.98. The van der Waals surface area contributed by atoms with E-state index in [4.69, 9.17) is 5.11 Å². The van der Waals surface area contributed by atoms with Crippen molar-refractivity contribution in [3.05, 3.63) is 24.3 Å². The molecule has 0 aromatic heterocycles. The molecule has 1 aliphatic carbocycles. The molecule has 0 heterocycles. The molecule has 22 heavy (non-hydrogen) atoms. The van der Waals surface area contributed by atoms with Gasteiger partial charge < -0.3 is 21.1 Å². The number of carboxylic acid groups (broad SMARTS) is 1. The zero-order chi connectivity index (χ0) is 16.1. The third-order valence-corrected chi connectivity index (χ3v) is 3.65. The molecular formula is C15H19N3O4. The van der Waals surface area contributed by atoms with E-state index >= 15 is 0 Å². The molecule has 2 atom stereocenters. The van der Waals surface area contributed by atoms with Gasteiger partial charge in [0.25, 0.3) is 0 Å². The third kappa shape index (κ3) is 3.75. The monoisotopic (exact) mass is 305 g/mol. The van der Waals surface area contributed by atoms with Gasteiger partial charge in [0.15, 0.2) is 0 Å². The Bertz CT molecular complexity index is 588. The van der Waals surface area contributed by atoms with E-state index < -0.39 is 17.8 Å². The van der Waals surface area contributed by atoms with Crippen molar-refractivity contribution in [2.45, 2.75) is 19.8 Å². The molecule has 7 heteroatoms. The highest BCUT2D eigenvalue weighted by molar-refractivity contribution is 5.97. The number of anilines is 2. The number of urea groups is 1. The van der Waals surface area contributed by atoms with Gasteiger partial charge in [-0.15, -0.1) is 0 Å². The maximum atomic E-state index is 12.1.